The number of hydrogen-bond acceptors (Lipinski definition) is 3. The molecule has 1 rings (SSSR count). The first kappa shape index (κ1) is 16.5. The molecule has 1 aromatic heterocycles. The van der Waals surface area contributed by atoms with Crippen LogP contribution in [0.3, 0.4) is 0 Å². The summed E-state index contributed by atoms with van der Waals surface area (Å²) in [6.07, 6.45) is 0.657. The number of rotatable bonds is 6. The highest BCUT2D eigenvalue weighted by Gasteiger charge is 2.24. The average Bonchev–Trinajstić information content (AvgIpc) is 2.59. The van der Waals surface area contributed by atoms with Gasteiger partial charge in [0.25, 0.3) is 0 Å². The van der Waals surface area contributed by atoms with Gasteiger partial charge in [0, 0.05) is 27.8 Å². The minimum Gasteiger partial charge on any atom is -0.481 e. The van der Waals surface area contributed by atoms with E-state index in [2.05, 4.69) is 22.8 Å². The van der Waals surface area contributed by atoms with Crippen molar-refractivity contribution in [2.24, 2.45) is 0 Å². The zero-order valence-electron chi connectivity index (χ0n) is 12.3. The maximum absolute atomic E-state index is 11.8. The summed E-state index contributed by atoms with van der Waals surface area (Å²) in [7, 11) is 0. The molecule has 0 aliphatic carbocycles. The Bertz CT molecular complexity index is 483. The molecule has 0 aliphatic heterocycles. The molecule has 3 N–H and O–H groups in total. The van der Waals surface area contributed by atoms with E-state index in [-0.39, 0.29) is 18.5 Å². The Labute approximate surface area is 123 Å². The largest absolute Gasteiger partial charge is 0.481 e. The smallest absolute Gasteiger partial charge is 0.315 e. The fourth-order valence-electron chi connectivity index (χ4n) is 1.94. The Morgan fingerprint density at radius 3 is 2.55 bits per heavy atom. The first-order valence-electron chi connectivity index (χ1n) is 6.54. The van der Waals surface area contributed by atoms with E-state index in [4.69, 9.17) is 5.11 Å². The predicted molar refractivity (Wildman–Crippen MR) is 80.2 cm³/mol. The summed E-state index contributed by atoms with van der Waals surface area (Å²) in [4.78, 5) is 25.0. The third kappa shape index (κ3) is 6.06. The number of carbonyl (C=O) groups is 2. The Kier molecular flexibility index (Phi) is 5.56. The quantitative estimate of drug-likeness (QED) is 0.755. The molecule has 0 saturated heterocycles. The lowest BCUT2D eigenvalue weighted by atomic mass is 10.0. The second kappa shape index (κ2) is 6.74. The number of carboxylic acid groups (broad SMARTS) is 1. The van der Waals surface area contributed by atoms with E-state index >= 15 is 0 Å². The van der Waals surface area contributed by atoms with E-state index in [1.807, 2.05) is 13.8 Å². The molecule has 0 bridgehead atoms. The van der Waals surface area contributed by atoms with E-state index in [9.17, 15) is 9.59 Å². The van der Waals surface area contributed by atoms with Gasteiger partial charge < -0.3 is 15.7 Å². The fourth-order valence-corrected chi connectivity index (χ4v) is 2.96. The molecule has 0 fully saturated rings. The van der Waals surface area contributed by atoms with Gasteiger partial charge in [-0.2, -0.15) is 0 Å². The predicted octanol–water partition coefficient (Wildman–Crippen LogP) is 2.54. The lowest BCUT2D eigenvalue weighted by Gasteiger charge is -2.25. The van der Waals surface area contributed by atoms with Crippen LogP contribution in [-0.2, 0) is 11.2 Å². The monoisotopic (exact) mass is 298 g/mol. The van der Waals surface area contributed by atoms with Gasteiger partial charge in [-0.1, -0.05) is 0 Å². The van der Waals surface area contributed by atoms with Crippen LogP contribution in [0, 0.1) is 6.92 Å². The zero-order valence-corrected chi connectivity index (χ0v) is 13.1. The fraction of sp³-hybridized carbons (Fsp3) is 0.571. The van der Waals surface area contributed by atoms with Gasteiger partial charge in [0.1, 0.15) is 0 Å². The molecular weight excluding hydrogens is 276 g/mol. The van der Waals surface area contributed by atoms with E-state index < -0.39 is 11.5 Å². The highest BCUT2D eigenvalue weighted by molar-refractivity contribution is 7.11. The molecule has 0 aliphatic rings. The number of nitrogens with one attached hydrogen (secondary N) is 2. The van der Waals surface area contributed by atoms with Crippen LogP contribution in [0.5, 0.6) is 0 Å². The molecule has 2 amide bonds. The van der Waals surface area contributed by atoms with E-state index in [0.717, 1.165) is 6.42 Å². The van der Waals surface area contributed by atoms with Crippen LogP contribution in [-0.4, -0.2) is 28.7 Å². The standard InChI is InChI=1S/C14H22N2O3S/c1-9(7-11-6-5-10(2)20-11)15-13(19)16-14(3,4)8-12(17)18/h5-6,9H,7-8H2,1-4H3,(H,17,18)(H2,15,16,19). The zero-order chi connectivity index (χ0) is 15.3. The van der Waals surface area contributed by atoms with Crippen molar-refractivity contribution in [2.75, 3.05) is 0 Å². The highest BCUT2D eigenvalue weighted by Crippen LogP contribution is 2.16. The topological polar surface area (TPSA) is 78.4 Å². The van der Waals surface area contributed by atoms with Crippen LogP contribution in [0.4, 0.5) is 4.79 Å². The van der Waals surface area contributed by atoms with Crippen molar-refractivity contribution in [3.63, 3.8) is 0 Å². The second-order valence-corrected chi connectivity index (χ2v) is 7.04. The Balaban J connectivity index is 2.43. The van der Waals surface area contributed by atoms with Crippen LogP contribution in [0.15, 0.2) is 12.1 Å². The minimum atomic E-state index is -0.933. The molecule has 0 spiro atoms. The summed E-state index contributed by atoms with van der Waals surface area (Å²) in [6, 6.07) is 3.78. The van der Waals surface area contributed by atoms with Crippen molar-refractivity contribution >= 4 is 23.3 Å². The van der Waals surface area contributed by atoms with Gasteiger partial charge >= 0.3 is 12.0 Å². The van der Waals surface area contributed by atoms with Crippen molar-refractivity contribution in [3.05, 3.63) is 21.9 Å². The molecular formula is C14H22N2O3S. The number of carbonyl (C=O) groups excluding carboxylic acids is 1. The molecule has 6 heteroatoms. The Morgan fingerprint density at radius 2 is 2.05 bits per heavy atom. The maximum atomic E-state index is 11.8. The van der Waals surface area contributed by atoms with Crippen LogP contribution < -0.4 is 10.6 Å². The van der Waals surface area contributed by atoms with E-state index in [0.29, 0.717) is 0 Å². The third-order valence-electron chi connectivity index (χ3n) is 2.73. The summed E-state index contributed by atoms with van der Waals surface area (Å²) in [5.41, 5.74) is -0.769. The third-order valence-corrected chi connectivity index (χ3v) is 3.75. The molecule has 1 unspecified atom stereocenters. The van der Waals surface area contributed by atoms with Gasteiger partial charge in [-0.15, -0.1) is 11.3 Å². The van der Waals surface area contributed by atoms with Crippen molar-refractivity contribution < 1.29 is 14.7 Å². The summed E-state index contributed by atoms with van der Waals surface area (Å²) >= 11 is 1.72. The number of thiophene rings is 1. The lowest BCUT2D eigenvalue weighted by molar-refractivity contribution is -0.138. The summed E-state index contributed by atoms with van der Waals surface area (Å²) in [5, 5.41) is 14.3. The number of amides is 2. The molecule has 0 aromatic carbocycles. The van der Waals surface area contributed by atoms with Gasteiger partial charge in [0.05, 0.1) is 6.42 Å². The SMILES string of the molecule is Cc1ccc(CC(C)NC(=O)NC(C)(C)CC(=O)O)s1. The number of aliphatic carboxylic acids is 1. The van der Waals surface area contributed by atoms with Crippen LogP contribution in [0.1, 0.15) is 36.9 Å². The normalized spacial score (nSPS) is 12.8. The minimum absolute atomic E-state index is 0.00585. The van der Waals surface area contributed by atoms with Crippen LogP contribution in [0.25, 0.3) is 0 Å². The Morgan fingerprint density at radius 1 is 1.40 bits per heavy atom. The summed E-state index contributed by atoms with van der Waals surface area (Å²) in [6.45, 7) is 7.36. The first-order chi connectivity index (χ1) is 9.18. The van der Waals surface area contributed by atoms with Gasteiger partial charge in [-0.3, -0.25) is 4.79 Å². The number of carboxylic acids is 1. The summed E-state index contributed by atoms with van der Waals surface area (Å²) in [5.74, 6) is -0.933. The maximum Gasteiger partial charge on any atom is 0.315 e. The number of urea groups is 1. The van der Waals surface area contributed by atoms with E-state index in [1.54, 1.807) is 25.2 Å². The lowest BCUT2D eigenvalue weighted by Crippen LogP contribution is -2.51. The average molecular weight is 298 g/mol. The van der Waals surface area contributed by atoms with Gasteiger partial charge in [-0.25, -0.2) is 4.79 Å². The van der Waals surface area contributed by atoms with Crippen LogP contribution >= 0.6 is 11.3 Å². The number of hydrogen-bond donors (Lipinski definition) is 3. The van der Waals surface area contributed by atoms with Crippen LogP contribution in [0.2, 0.25) is 0 Å². The van der Waals surface area contributed by atoms with Gasteiger partial charge in [-0.05, 0) is 39.8 Å². The molecule has 112 valence electrons. The first-order valence-corrected chi connectivity index (χ1v) is 7.35. The van der Waals surface area contributed by atoms with E-state index in [1.165, 1.54) is 9.75 Å². The second-order valence-electron chi connectivity index (χ2n) is 5.67. The van der Waals surface area contributed by atoms with Gasteiger partial charge in [0.15, 0.2) is 0 Å². The van der Waals surface area contributed by atoms with Gasteiger partial charge in [0.2, 0.25) is 0 Å². The highest BCUT2D eigenvalue weighted by atomic mass is 32.1. The number of aryl methyl sites for hydroxylation is 1. The van der Waals surface area contributed by atoms with Crippen molar-refractivity contribution in [3.8, 4) is 0 Å². The van der Waals surface area contributed by atoms with Crippen molar-refractivity contribution in [2.45, 2.75) is 52.1 Å². The molecule has 0 saturated carbocycles. The molecule has 1 atom stereocenters. The Hall–Kier alpha value is -1.56. The molecule has 0 radical (unpaired) electrons. The molecule has 1 aromatic rings. The summed E-state index contributed by atoms with van der Waals surface area (Å²) < 4.78 is 0. The molecule has 20 heavy (non-hydrogen) atoms. The van der Waals surface area contributed by atoms with Crippen molar-refractivity contribution in [1.82, 2.24) is 10.6 Å². The van der Waals surface area contributed by atoms with Crippen molar-refractivity contribution in [1.29, 1.82) is 0 Å². The molecule has 5 nitrogen and oxygen atoms in total. The molecule has 1 heterocycles.